The first-order valence-electron chi connectivity index (χ1n) is 6.02. The summed E-state index contributed by atoms with van der Waals surface area (Å²) in [6, 6.07) is 6.37. The fraction of sp³-hybridized carbons (Fsp3) is 0.417. The lowest BCUT2D eigenvalue weighted by molar-refractivity contribution is 0.203. The molecule has 8 heteroatoms. The maximum Gasteiger partial charge on any atom is 0.238 e. The maximum absolute atomic E-state index is 11.1. The van der Waals surface area contributed by atoms with Crippen LogP contribution in [0.1, 0.15) is 5.56 Å². The second kappa shape index (κ2) is 7.83. The van der Waals surface area contributed by atoms with Crippen molar-refractivity contribution in [3.63, 3.8) is 0 Å². The maximum atomic E-state index is 11.1. The van der Waals surface area contributed by atoms with Crippen LogP contribution in [0.25, 0.3) is 0 Å². The Hall–Kier alpha value is -1.64. The zero-order valence-corrected chi connectivity index (χ0v) is 12.4. The number of hydrogen-bond donors (Lipinski definition) is 3. The summed E-state index contributed by atoms with van der Waals surface area (Å²) in [5.74, 6) is 0.651. The second-order valence-corrected chi connectivity index (χ2v) is 5.60. The summed E-state index contributed by atoms with van der Waals surface area (Å²) >= 11 is 0. The molecule has 112 valence electrons. The van der Waals surface area contributed by atoms with Crippen molar-refractivity contribution in [1.82, 2.24) is 10.6 Å². The first-order valence-corrected chi connectivity index (χ1v) is 7.57. The van der Waals surface area contributed by atoms with Gasteiger partial charge in [0.15, 0.2) is 5.96 Å². The minimum Gasteiger partial charge on any atom is -0.383 e. The van der Waals surface area contributed by atoms with Gasteiger partial charge >= 0.3 is 0 Å². The fourth-order valence-corrected chi connectivity index (χ4v) is 1.99. The molecule has 0 aliphatic carbocycles. The van der Waals surface area contributed by atoms with Crippen molar-refractivity contribution < 1.29 is 13.2 Å². The lowest BCUT2D eigenvalue weighted by Gasteiger charge is -2.11. The summed E-state index contributed by atoms with van der Waals surface area (Å²) in [7, 11) is -0.338. The van der Waals surface area contributed by atoms with Gasteiger partial charge in [0.25, 0.3) is 0 Å². The zero-order valence-electron chi connectivity index (χ0n) is 11.6. The van der Waals surface area contributed by atoms with E-state index in [1.165, 1.54) is 12.1 Å². The fourth-order valence-electron chi connectivity index (χ4n) is 1.47. The Labute approximate surface area is 119 Å². The molecule has 0 aliphatic rings. The summed E-state index contributed by atoms with van der Waals surface area (Å²) < 4.78 is 27.2. The highest BCUT2D eigenvalue weighted by Crippen LogP contribution is 2.08. The molecule has 7 nitrogen and oxygen atoms in total. The minimum atomic E-state index is -3.64. The van der Waals surface area contributed by atoms with Gasteiger partial charge in [0.1, 0.15) is 0 Å². The largest absolute Gasteiger partial charge is 0.383 e. The van der Waals surface area contributed by atoms with Crippen LogP contribution in [0.5, 0.6) is 0 Å². The molecule has 0 heterocycles. The van der Waals surface area contributed by atoms with Gasteiger partial charge in [-0.3, -0.25) is 4.99 Å². The van der Waals surface area contributed by atoms with E-state index >= 15 is 0 Å². The molecule has 0 atom stereocenters. The van der Waals surface area contributed by atoms with E-state index in [9.17, 15) is 8.42 Å². The van der Waals surface area contributed by atoms with Gasteiger partial charge in [0.05, 0.1) is 11.5 Å². The molecule has 0 saturated heterocycles. The molecular weight excluding hydrogens is 280 g/mol. The van der Waals surface area contributed by atoms with Crippen molar-refractivity contribution in [1.29, 1.82) is 0 Å². The smallest absolute Gasteiger partial charge is 0.238 e. The quantitative estimate of drug-likeness (QED) is 0.378. The standard InChI is InChI=1S/C12H20N4O3S/c1-14-12(15-7-8-19-2)16-9-10-3-5-11(6-4-10)20(13,17)18/h3-6H,7-9H2,1-2H3,(H2,13,17,18)(H2,14,15,16). The number of guanidine groups is 1. The number of methoxy groups -OCH3 is 1. The molecule has 20 heavy (non-hydrogen) atoms. The third kappa shape index (κ3) is 5.55. The number of hydrogen-bond acceptors (Lipinski definition) is 4. The van der Waals surface area contributed by atoms with E-state index in [1.54, 1.807) is 26.3 Å². The highest BCUT2D eigenvalue weighted by Gasteiger charge is 2.06. The van der Waals surface area contributed by atoms with Crippen LogP contribution in [-0.2, 0) is 21.3 Å². The SMILES string of the molecule is CN=C(NCCOC)NCc1ccc(S(N)(=O)=O)cc1. The van der Waals surface area contributed by atoms with Crippen molar-refractivity contribution in [2.45, 2.75) is 11.4 Å². The molecule has 0 unspecified atom stereocenters. The van der Waals surface area contributed by atoms with Crippen molar-refractivity contribution >= 4 is 16.0 Å². The molecule has 0 radical (unpaired) electrons. The van der Waals surface area contributed by atoms with Crippen LogP contribution >= 0.6 is 0 Å². The number of benzene rings is 1. The number of ether oxygens (including phenoxy) is 1. The predicted octanol–water partition coefficient (Wildman–Crippen LogP) is -0.355. The van der Waals surface area contributed by atoms with Gasteiger partial charge in [-0.25, -0.2) is 13.6 Å². The van der Waals surface area contributed by atoms with Gasteiger partial charge in [-0.15, -0.1) is 0 Å². The van der Waals surface area contributed by atoms with E-state index in [1.807, 2.05) is 0 Å². The highest BCUT2D eigenvalue weighted by molar-refractivity contribution is 7.89. The van der Waals surface area contributed by atoms with E-state index in [2.05, 4.69) is 15.6 Å². The van der Waals surface area contributed by atoms with Crippen molar-refractivity contribution in [2.24, 2.45) is 10.1 Å². The Morgan fingerprint density at radius 2 is 1.95 bits per heavy atom. The van der Waals surface area contributed by atoms with Crippen LogP contribution in [0.15, 0.2) is 34.2 Å². The van der Waals surface area contributed by atoms with Crippen molar-refractivity contribution in [3.05, 3.63) is 29.8 Å². The lowest BCUT2D eigenvalue weighted by atomic mass is 10.2. The van der Waals surface area contributed by atoms with Crippen LogP contribution in [0.4, 0.5) is 0 Å². The van der Waals surface area contributed by atoms with Gasteiger partial charge < -0.3 is 15.4 Å². The minimum absolute atomic E-state index is 0.101. The molecule has 0 fully saturated rings. The van der Waals surface area contributed by atoms with Gasteiger partial charge in [-0.05, 0) is 17.7 Å². The van der Waals surface area contributed by atoms with E-state index in [0.29, 0.717) is 25.7 Å². The van der Waals surface area contributed by atoms with Crippen molar-refractivity contribution in [2.75, 3.05) is 27.3 Å². The number of nitrogens with zero attached hydrogens (tertiary/aromatic N) is 1. The third-order valence-corrected chi connectivity index (χ3v) is 3.46. The molecular formula is C12H20N4O3S. The average molecular weight is 300 g/mol. The molecule has 0 aromatic heterocycles. The van der Waals surface area contributed by atoms with Crippen LogP contribution in [0, 0.1) is 0 Å². The molecule has 0 bridgehead atoms. The molecule has 1 aromatic rings. The van der Waals surface area contributed by atoms with E-state index in [0.717, 1.165) is 5.56 Å². The van der Waals surface area contributed by atoms with Crippen molar-refractivity contribution in [3.8, 4) is 0 Å². The Morgan fingerprint density at radius 1 is 1.30 bits per heavy atom. The molecule has 1 aromatic carbocycles. The highest BCUT2D eigenvalue weighted by atomic mass is 32.2. The Balaban J connectivity index is 2.53. The van der Waals surface area contributed by atoms with E-state index < -0.39 is 10.0 Å². The Kier molecular flexibility index (Phi) is 6.43. The molecule has 0 saturated carbocycles. The van der Waals surface area contributed by atoms with Crippen LogP contribution in [-0.4, -0.2) is 41.7 Å². The first kappa shape index (κ1) is 16.4. The van der Waals surface area contributed by atoms with Gasteiger partial charge in [-0.1, -0.05) is 12.1 Å². The van der Waals surface area contributed by atoms with Gasteiger partial charge in [-0.2, -0.15) is 0 Å². The second-order valence-electron chi connectivity index (χ2n) is 4.03. The molecule has 0 amide bonds. The predicted molar refractivity (Wildman–Crippen MR) is 77.9 cm³/mol. The lowest BCUT2D eigenvalue weighted by Crippen LogP contribution is -2.38. The molecule has 0 aliphatic heterocycles. The number of primary sulfonamides is 1. The Bertz CT molecular complexity index is 540. The number of rotatable bonds is 6. The molecule has 1 rings (SSSR count). The normalized spacial score (nSPS) is 12.2. The third-order valence-electron chi connectivity index (χ3n) is 2.53. The summed E-state index contributed by atoms with van der Waals surface area (Å²) in [4.78, 5) is 4.16. The van der Waals surface area contributed by atoms with Gasteiger partial charge in [0, 0.05) is 27.2 Å². The summed E-state index contributed by atoms with van der Waals surface area (Å²) in [6.45, 7) is 1.77. The number of aliphatic imine (C=N–C) groups is 1. The molecule has 4 N–H and O–H groups in total. The van der Waals surface area contributed by atoms with E-state index in [4.69, 9.17) is 9.88 Å². The van der Waals surface area contributed by atoms with Crippen LogP contribution in [0.2, 0.25) is 0 Å². The number of nitrogens with two attached hydrogens (primary N) is 1. The van der Waals surface area contributed by atoms with Crippen LogP contribution < -0.4 is 15.8 Å². The summed E-state index contributed by atoms with van der Waals surface area (Å²) in [5.41, 5.74) is 0.923. The topological polar surface area (TPSA) is 106 Å². The Morgan fingerprint density at radius 3 is 2.45 bits per heavy atom. The number of sulfonamides is 1. The van der Waals surface area contributed by atoms with Gasteiger partial charge in [0.2, 0.25) is 10.0 Å². The molecule has 0 spiro atoms. The monoisotopic (exact) mass is 300 g/mol. The first-order chi connectivity index (χ1) is 9.47. The average Bonchev–Trinajstić information content (AvgIpc) is 2.42. The zero-order chi connectivity index (χ0) is 15.0. The summed E-state index contributed by atoms with van der Waals surface area (Å²) in [6.07, 6.45) is 0. The number of nitrogens with one attached hydrogen (secondary N) is 2. The summed E-state index contributed by atoms with van der Waals surface area (Å²) in [5, 5.41) is 11.2. The van der Waals surface area contributed by atoms with Crippen LogP contribution in [0.3, 0.4) is 0 Å². The van der Waals surface area contributed by atoms with E-state index in [-0.39, 0.29) is 4.90 Å².